The van der Waals surface area contributed by atoms with E-state index in [-0.39, 0.29) is 24.4 Å². The number of carbonyl (C=O) groups excluding carboxylic acids is 2. The molecule has 0 saturated heterocycles. The predicted octanol–water partition coefficient (Wildman–Crippen LogP) is 5.17. The number of halogens is 1. The summed E-state index contributed by atoms with van der Waals surface area (Å²) < 4.78 is 5.01. The van der Waals surface area contributed by atoms with Gasteiger partial charge in [0.15, 0.2) is 0 Å². The monoisotopic (exact) mass is 445 g/mol. The second kappa shape index (κ2) is 11.2. The SMILES string of the molecule is CCOC(=O)Nc1ccc2c(c1)N(C(=O)C(C)N(CC)CC)c1ccccc1CC2.Cl. The van der Waals surface area contributed by atoms with Crippen molar-refractivity contribution in [1.82, 2.24) is 4.90 Å². The van der Waals surface area contributed by atoms with Crippen LogP contribution in [0.5, 0.6) is 0 Å². The summed E-state index contributed by atoms with van der Waals surface area (Å²) in [5.41, 5.74) is 4.57. The van der Waals surface area contributed by atoms with Crippen LogP contribution in [0, 0.1) is 0 Å². The molecule has 0 aliphatic carbocycles. The summed E-state index contributed by atoms with van der Waals surface area (Å²) in [4.78, 5) is 29.6. The largest absolute Gasteiger partial charge is 0.450 e. The molecule has 1 unspecified atom stereocenters. The van der Waals surface area contributed by atoms with E-state index in [0.29, 0.717) is 12.3 Å². The maximum atomic E-state index is 13.7. The van der Waals surface area contributed by atoms with E-state index >= 15 is 0 Å². The van der Waals surface area contributed by atoms with Gasteiger partial charge in [0.25, 0.3) is 0 Å². The molecule has 7 heteroatoms. The van der Waals surface area contributed by atoms with Crippen LogP contribution in [0.15, 0.2) is 42.5 Å². The zero-order valence-electron chi connectivity index (χ0n) is 18.7. The standard InChI is InChI=1S/C24H31N3O3.ClH/c1-5-26(6-2)17(4)23(28)27-21-11-9-8-10-18(21)12-13-19-14-15-20(16-22(19)27)25-24(29)30-7-3;/h8-11,14-17H,5-7,12-13H2,1-4H3,(H,25,29);1H. The van der Waals surface area contributed by atoms with Crippen LogP contribution in [0.4, 0.5) is 21.9 Å². The summed E-state index contributed by atoms with van der Waals surface area (Å²) in [7, 11) is 0. The van der Waals surface area contributed by atoms with Gasteiger partial charge in [-0.1, -0.05) is 38.1 Å². The Morgan fingerprint density at radius 2 is 1.68 bits per heavy atom. The van der Waals surface area contributed by atoms with Crippen LogP contribution in [-0.4, -0.2) is 42.6 Å². The van der Waals surface area contributed by atoms with Crippen LogP contribution in [0.3, 0.4) is 0 Å². The van der Waals surface area contributed by atoms with Gasteiger partial charge < -0.3 is 4.74 Å². The lowest BCUT2D eigenvalue weighted by atomic mass is 10.0. The first kappa shape index (κ1) is 24.7. The number of aryl methyl sites for hydroxylation is 2. The number of ether oxygens (including phenoxy) is 1. The van der Waals surface area contributed by atoms with Crippen molar-refractivity contribution in [3.05, 3.63) is 53.6 Å². The van der Waals surface area contributed by atoms with E-state index in [0.717, 1.165) is 48.4 Å². The molecule has 0 saturated carbocycles. The Balaban J connectivity index is 0.00000341. The Kier molecular flexibility index (Phi) is 8.89. The first-order valence-electron chi connectivity index (χ1n) is 10.7. The fourth-order valence-electron chi connectivity index (χ4n) is 4.04. The molecular formula is C24H32ClN3O3. The molecule has 1 heterocycles. The Labute approximate surface area is 191 Å². The van der Waals surface area contributed by atoms with Gasteiger partial charge in [-0.15, -0.1) is 12.4 Å². The zero-order valence-corrected chi connectivity index (χ0v) is 19.5. The van der Waals surface area contributed by atoms with E-state index in [1.807, 2.05) is 48.2 Å². The number of hydrogen-bond acceptors (Lipinski definition) is 4. The fraction of sp³-hybridized carbons (Fsp3) is 0.417. The normalized spacial score (nSPS) is 13.4. The minimum Gasteiger partial charge on any atom is -0.450 e. The minimum atomic E-state index is -0.499. The van der Waals surface area contributed by atoms with Gasteiger partial charge in [-0.25, -0.2) is 4.79 Å². The number of amides is 2. The molecule has 0 spiro atoms. The van der Waals surface area contributed by atoms with E-state index in [2.05, 4.69) is 30.1 Å². The number of likely N-dealkylation sites (N-methyl/N-ethyl adjacent to an activating group) is 1. The van der Waals surface area contributed by atoms with E-state index in [4.69, 9.17) is 4.74 Å². The van der Waals surface area contributed by atoms with Crippen LogP contribution >= 0.6 is 12.4 Å². The average Bonchev–Trinajstić information content (AvgIpc) is 2.90. The maximum Gasteiger partial charge on any atom is 0.411 e. The highest BCUT2D eigenvalue weighted by atomic mass is 35.5. The maximum absolute atomic E-state index is 13.7. The first-order valence-corrected chi connectivity index (χ1v) is 10.7. The molecule has 2 amide bonds. The lowest BCUT2D eigenvalue weighted by molar-refractivity contribution is -0.122. The molecule has 31 heavy (non-hydrogen) atoms. The van der Waals surface area contributed by atoms with Gasteiger partial charge in [-0.05, 0) is 69.1 Å². The molecule has 0 bridgehead atoms. The lowest BCUT2D eigenvalue weighted by Crippen LogP contribution is -2.45. The molecule has 1 atom stereocenters. The van der Waals surface area contributed by atoms with E-state index in [9.17, 15) is 9.59 Å². The Morgan fingerprint density at radius 3 is 2.32 bits per heavy atom. The summed E-state index contributed by atoms with van der Waals surface area (Å²) in [5.74, 6) is 0.0302. The summed E-state index contributed by atoms with van der Waals surface area (Å²) >= 11 is 0. The third kappa shape index (κ3) is 5.38. The number of hydrogen-bond donors (Lipinski definition) is 1. The van der Waals surface area contributed by atoms with Gasteiger partial charge in [-0.2, -0.15) is 0 Å². The summed E-state index contributed by atoms with van der Waals surface area (Å²) in [6.45, 7) is 9.77. The molecule has 0 fully saturated rings. The van der Waals surface area contributed by atoms with E-state index in [1.165, 1.54) is 0 Å². The highest BCUT2D eigenvalue weighted by Crippen LogP contribution is 2.38. The zero-order chi connectivity index (χ0) is 21.7. The third-order valence-corrected chi connectivity index (χ3v) is 5.68. The van der Waals surface area contributed by atoms with Crippen molar-refractivity contribution in [2.75, 3.05) is 29.9 Å². The smallest absolute Gasteiger partial charge is 0.411 e. The number of carbonyl (C=O) groups is 2. The molecule has 1 N–H and O–H groups in total. The Hall–Kier alpha value is -2.57. The van der Waals surface area contributed by atoms with E-state index in [1.54, 1.807) is 6.92 Å². The number of anilines is 3. The summed E-state index contributed by atoms with van der Waals surface area (Å²) in [5, 5.41) is 2.76. The van der Waals surface area contributed by atoms with Crippen molar-refractivity contribution in [1.29, 1.82) is 0 Å². The Morgan fingerprint density at radius 1 is 1.03 bits per heavy atom. The number of nitrogens with one attached hydrogen (secondary N) is 1. The second-order valence-electron chi connectivity index (χ2n) is 7.39. The van der Waals surface area contributed by atoms with Gasteiger partial charge in [0.1, 0.15) is 0 Å². The van der Waals surface area contributed by atoms with Gasteiger partial charge in [-0.3, -0.25) is 19.9 Å². The van der Waals surface area contributed by atoms with Crippen LogP contribution in [0.25, 0.3) is 0 Å². The molecular weight excluding hydrogens is 414 g/mol. The van der Waals surface area contributed by atoms with Gasteiger partial charge in [0.2, 0.25) is 5.91 Å². The fourth-order valence-corrected chi connectivity index (χ4v) is 4.04. The van der Waals surface area contributed by atoms with Gasteiger partial charge >= 0.3 is 6.09 Å². The number of nitrogens with zero attached hydrogens (tertiary/aromatic N) is 2. The van der Waals surface area contributed by atoms with E-state index < -0.39 is 6.09 Å². The highest BCUT2D eigenvalue weighted by Gasteiger charge is 2.31. The Bertz CT molecular complexity index is 915. The average molecular weight is 446 g/mol. The van der Waals surface area contributed by atoms with Gasteiger partial charge in [0.05, 0.1) is 24.0 Å². The number of rotatable bonds is 6. The topological polar surface area (TPSA) is 61.9 Å². The van der Waals surface area contributed by atoms with Gasteiger partial charge in [0, 0.05) is 5.69 Å². The quantitative estimate of drug-likeness (QED) is 0.666. The molecule has 6 nitrogen and oxygen atoms in total. The molecule has 168 valence electrons. The lowest BCUT2D eigenvalue weighted by Gasteiger charge is -2.32. The van der Waals surface area contributed by atoms with Crippen molar-refractivity contribution in [3.63, 3.8) is 0 Å². The van der Waals surface area contributed by atoms with Crippen LogP contribution in [0.2, 0.25) is 0 Å². The predicted molar refractivity (Wildman–Crippen MR) is 128 cm³/mol. The number of para-hydroxylation sites is 1. The molecule has 1 aliphatic heterocycles. The summed E-state index contributed by atoms with van der Waals surface area (Å²) in [6.07, 6.45) is 1.19. The molecule has 0 radical (unpaired) electrons. The molecule has 0 aromatic heterocycles. The first-order chi connectivity index (χ1) is 14.5. The second-order valence-corrected chi connectivity index (χ2v) is 7.39. The summed E-state index contributed by atoms with van der Waals surface area (Å²) in [6, 6.07) is 13.5. The van der Waals surface area contributed by atoms with Crippen molar-refractivity contribution in [2.45, 2.75) is 46.6 Å². The highest BCUT2D eigenvalue weighted by molar-refractivity contribution is 6.05. The molecule has 1 aliphatic rings. The molecule has 2 aromatic carbocycles. The van der Waals surface area contributed by atoms with Crippen LogP contribution < -0.4 is 10.2 Å². The van der Waals surface area contributed by atoms with Crippen molar-refractivity contribution in [2.24, 2.45) is 0 Å². The molecule has 3 rings (SSSR count). The van der Waals surface area contributed by atoms with Crippen molar-refractivity contribution in [3.8, 4) is 0 Å². The number of benzene rings is 2. The van der Waals surface area contributed by atoms with Crippen LogP contribution in [-0.2, 0) is 22.4 Å². The van der Waals surface area contributed by atoms with Crippen molar-refractivity contribution >= 4 is 41.5 Å². The number of fused-ring (bicyclic) bond motifs is 2. The third-order valence-electron chi connectivity index (χ3n) is 5.68. The minimum absolute atomic E-state index is 0. The molecule has 2 aromatic rings. The van der Waals surface area contributed by atoms with Crippen molar-refractivity contribution < 1.29 is 14.3 Å². The van der Waals surface area contributed by atoms with Crippen LogP contribution in [0.1, 0.15) is 38.8 Å².